The Balaban J connectivity index is 0.000001000. The Bertz CT molecular complexity index is 308. The molecule has 0 amide bonds. The van der Waals surface area contributed by atoms with Gasteiger partial charge in [-0.15, -0.1) is 12.4 Å². The highest BCUT2D eigenvalue weighted by atomic mass is 35.5. The molecule has 4 N–H and O–H groups in total. The fourth-order valence-electron chi connectivity index (χ4n) is 0.628. The van der Waals surface area contributed by atoms with E-state index in [1.165, 1.54) is 6.07 Å². The van der Waals surface area contributed by atoms with Crippen molar-refractivity contribution in [2.45, 2.75) is 6.92 Å². The predicted molar refractivity (Wildman–Crippen MR) is 45.0 cm³/mol. The summed E-state index contributed by atoms with van der Waals surface area (Å²) >= 11 is 0. The second kappa shape index (κ2) is 3.25. The van der Waals surface area contributed by atoms with Crippen molar-refractivity contribution >= 4 is 18.4 Å². The lowest BCUT2D eigenvalue weighted by Gasteiger charge is -2.00. The Labute approximate surface area is 69.4 Å². The number of aryl methyl sites for hydroxylation is 1. The zero-order valence-electron chi connectivity index (χ0n) is 5.94. The van der Waals surface area contributed by atoms with Crippen molar-refractivity contribution < 1.29 is 0 Å². The van der Waals surface area contributed by atoms with E-state index in [0.717, 1.165) is 4.68 Å². The third kappa shape index (κ3) is 1.84. The van der Waals surface area contributed by atoms with E-state index in [1.807, 2.05) is 0 Å². The lowest BCUT2D eigenvalue weighted by Crippen LogP contribution is -2.30. The number of aromatic nitrogens is 2. The fraction of sp³-hybridized carbons (Fsp3) is 0.200. The minimum absolute atomic E-state index is 0. The number of nitrogen functional groups attached to an aromatic ring is 2. The molecule has 1 aromatic rings. The Morgan fingerprint density at radius 3 is 2.64 bits per heavy atom. The molecular formula is C5H9ClN4O. The molecular weight excluding hydrogens is 168 g/mol. The molecule has 1 rings (SSSR count). The second-order valence-electron chi connectivity index (χ2n) is 1.96. The van der Waals surface area contributed by atoms with E-state index < -0.39 is 0 Å². The highest BCUT2D eigenvalue weighted by Gasteiger charge is 1.96. The van der Waals surface area contributed by atoms with Crippen molar-refractivity contribution in [1.82, 2.24) is 9.66 Å². The van der Waals surface area contributed by atoms with Crippen molar-refractivity contribution in [3.63, 3.8) is 0 Å². The van der Waals surface area contributed by atoms with Crippen LogP contribution in [-0.4, -0.2) is 9.66 Å². The van der Waals surface area contributed by atoms with E-state index in [0.29, 0.717) is 5.69 Å². The molecule has 0 spiro atoms. The van der Waals surface area contributed by atoms with Crippen molar-refractivity contribution in [3.8, 4) is 0 Å². The van der Waals surface area contributed by atoms with Gasteiger partial charge in [0.1, 0.15) is 0 Å². The zero-order valence-corrected chi connectivity index (χ0v) is 6.76. The highest BCUT2D eigenvalue weighted by molar-refractivity contribution is 5.85. The van der Waals surface area contributed by atoms with Crippen molar-refractivity contribution in [2.24, 2.45) is 0 Å². The molecule has 62 valence electrons. The molecule has 11 heavy (non-hydrogen) atoms. The number of nitrogens with two attached hydrogens (primary N) is 2. The summed E-state index contributed by atoms with van der Waals surface area (Å²) in [7, 11) is 0. The summed E-state index contributed by atoms with van der Waals surface area (Å²) in [6.07, 6.45) is 0. The molecule has 0 aromatic carbocycles. The van der Waals surface area contributed by atoms with Crippen LogP contribution in [-0.2, 0) is 0 Å². The molecule has 5 nitrogen and oxygen atoms in total. The molecule has 1 aromatic heterocycles. The standard InChI is InChI=1S/C5H8N4O.ClH/c1-3-2-4(10)9(7)5(6)8-3;/h2H,7H2,1H3,(H2,6,8);1H. The van der Waals surface area contributed by atoms with E-state index in [-0.39, 0.29) is 23.9 Å². The Hall–Kier alpha value is -1.23. The van der Waals surface area contributed by atoms with Gasteiger partial charge in [-0.2, -0.15) is 4.68 Å². The SMILES string of the molecule is Cc1cc(=O)n(N)c(N)n1.Cl. The van der Waals surface area contributed by atoms with E-state index in [4.69, 9.17) is 11.6 Å². The van der Waals surface area contributed by atoms with Crippen LogP contribution >= 0.6 is 12.4 Å². The molecule has 0 bridgehead atoms. The number of nitrogens with zero attached hydrogens (tertiary/aromatic N) is 2. The normalized spacial score (nSPS) is 8.82. The van der Waals surface area contributed by atoms with Gasteiger partial charge in [0.2, 0.25) is 5.95 Å². The number of rotatable bonds is 0. The zero-order chi connectivity index (χ0) is 7.72. The fourth-order valence-corrected chi connectivity index (χ4v) is 0.628. The predicted octanol–water partition coefficient (Wildman–Crippen LogP) is -0.730. The summed E-state index contributed by atoms with van der Waals surface area (Å²) in [6.45, 7) is 1.68. The van der Waals surface area contributed by atoms with Crippen LogP contribution in [0.3, 0.4) is 0 Å². The van der Waals surface area contributed by atoms with Gasteiger partial charge in [0.05, 0.1) is 0 Å². The minimum Gasteiger partial charge on any atom is -0.368 e. The molecule has 0 aliphatic heterocycles. The molecule has 0 saturated heterocycles. The van der Waals surface area contributed by atoms with E-state index in [9.17, 15) is 4.79 Å². The van der Waals surface area contributed by atoms with Gasteiger partial charge in [0.15, 0.2) is 0 Å². The number of anilines is 1. The number of hydrogen-bond donors (Lipinski definition) is 2. The molecule has 0 atom stereocenters. The first kappa shape index (κ1) is 9.77. The van der Waals surface area contributed by atoms with Gasteiger partial charge in [0, 0.05) is 11.8 Å². The van der Waals surface area contributed by atoms with Gasteiger partial charge in [-0.3, -0.25) is 4.79 Å². The lowest BCUT2D eigenvalue weighted by atomic mass is 10.4. The maximum Gasteiger partial charge on any atom is 0.273 e. The monoisotopic (exact) mass is 176 g/mol. The molecule has 6 heteroatoms. The average molecular weight is 177 g/mol. The lowest BCUT2D eigenvalue weighted by molar-refractivity contribution is 0.895. The van der Waals surface area contributed by atoms with Crippen LogP contribution < -0.4 is 17.1 Å². The number of hydrogen-bond acceptors (Lipinski definition) is 4. The summed E-state index contributed by atoms with van der Waals surface area (Å²) in [6, 6.07) is 1.32. The maximum atomic E-state index is 10.8. The van der Waals surface area contributed by atoms with Gasteiger partial charge in [-0.25, -0.2) is 4.98 Å². The Morgan fingerprint density at radius 2 is 2.18 bits per heavy atom. The molecule has 0 saturated carbocycles. The molecule has 0 aliphatic rings. The second-order valence-corrected chi connectivity index (χ2v) is 1.96. The summed E-state index contributed by atoms with van der Waals surface area (Å²) in [5.41, 5.74) is 5.48. The molecule has 1 heterocycles. The van der Waals surface area contributed by atoms with Gasteiger partial charge in [-0.05, 0) is 6.92 Å². The molecule has 0 unspecified atom stereocenters. The summed E-state index contributed by atoms with van der Waals surface area (Å²) in [4.78, 5) is 14.5. The third-order valence-electron chi connectivity index (χ3n) is 1.11. The van der Waals surface area contributed by atoms with Gasteiger partial charge < -0.3 is 11.6 Å². The minimum atomic E-state index is -0.343. The number of halogens is 1. The quantitative estimate of drug-likeness (QED) is 0.511. The van der Waals surface area contributed by atoms with Crippen molar-refractivity contribution in [1.29, 1.82) is 0 Å². The van der Waals surface area contributed by atoms with Crippen LogP contribution in [0.2, 0.25) is 0 Å². The first-order valence-electron chi connectivity index (χ1n) is 2.72. The maximum absolute atomic E-state index is 10.8. The topological polar surface area (TPSA) is 86.9 Å². The van der Waals surface area contributed by atoms with Gasteiger partial charge >= 0.3 is 0 Å². The first-order chi connectivity index (χ1) is 4.61. The Morgan fingerprint density at radius 1 is 1.64 bits per heavy atom. The van der Waals surface area contributed by atoms with E-state index in [1.54, 1.807) is 6.92 Å². The smallest absolute Gasteiger partial charge is 0.273 e. The van der Waals surface area contributed by atoms with Crippen LogP contribution in [0.15, 0.2) is 10.9 Å². The summed E-state index contributed by atoms with van der Waals surface area (Å²) in [5.74, 6) is 5.20. The molecule has 0 fully saturated rings. The van der Waals surface area contributed by atoms with E-state index in [2.05, 4.69) is 4.98 Å². The van der Waals surface area contributed by atoms with Crippen LogP contribution in [0, 0.1) is 6.92 Å². The van der Waals surface area contributed by atoms with Crippen LogP contribution in [0.5, 0.6) is 0 Å². The largest absolute Gasteiger partial charge is 0.368 e. The molecule has 0 aliphatic carbocycles. The Kier molecular flexibility index (Phi) is 2.88. The van der Waals surface area contributed by atoms with Gasteiger partial charge in [-0.1, -0.05) is 0 Å². The third-order valence-corrected chi connectivity index (χ3v) is 1.11. The van der Waals surface area contributed by atoms with Crippen molar-refractivity contribution in [3.05, 3.63) is 22.1 Å². The average Bonchev–Trinajstić information content (AvgIpc) is 1.82. The van der Waals surface area contributed by atoms with Crippen LogP contribution in [0.4, 0.5) is 5.95 Å². The van der Waals surface area contributed by atoms with Crippen molar-refractivity contribution in [2.75, 3.05) is 11.6 Å². The highest BCUT2D eigenvalue weighted by Crippen LogP contribution is 1.89. The first-order valence-corrected chi connectivity index (χ1v) is 2.72. The summed E-state index contributed by atoms with van der Waals surface area (Å²) < 4.78 is 0.799. The van der Waals surface area contributed by atoms with Crippen LogP contribution in [0.1, 0.15) is 5.69 Å². The summed E-state index contributed by atoms with van der Waals surface area (Å²) in [5, 5.41) is 0. The molecule has 0 radical (unpaired) electrons. The van der Waals surface area contributed by atoms with E-state index >= 15 is 0 Å². The van der Waals surface area contributed by atoms with Crippen LogP contribution in [0.25, 0.3) is 0 Å². The van der Waals surface area contributed by atoms with Gasteiger partial charge in [0.25, 0.3) is 5.56 Å².